The van der Waals surface area contributed by atoms with Crippen molar-refractivity contribution in [3.05, 3.63) is 52.5 Å². The largest absolute Gasteiger partial charge is 0.486 e. The normalized spacial score (nSPS) is 13.7. The van der Waals surface area contributed by atoms with Gasteiger partial charge in [-0.25, -0.2) is 0 Å². The number of nitrogens with one attached hydrogen (secondary N) is 2. The molecule has 1 aliphatic rings. The molecule has 33 heavy (non-hydrogen) atoms. The monoisotopic (exact) mass is 473 g/mol. The van der Waals surface area contributed by atoms with Crippen molar-refractivity contribution >= 4 is 29.1 Å². The van der Waals surface area contributed by atoms with E-state index in [-0.39, 0.29) is 36.9 Å². The number of ether oxygens (including phenoxy) is 2. The Morgan fingerprint density at radius 1 is 1.03 bits per heavy atom. The number of nitrogens with zero attached hydrogens (tertiary/aromatic N) is 1. The fourth-order valence-electron chi connectivity index (χ4n) is 3.71. The van der Waals surface area contributed by atoms with Crippen LogP contribution in [0.4, 0.5) is 5.69 Å². The molecule has 8 heteroatoms. The molecule has 7 nitrogen and oxygen atoms in total. The predicted molar refractivity (Wildman–Crippen MR) is 130 cm³/mol. The van der Waals surface area contributed by atoms with Crippen molar-refractivity contribution in [2.45, 2.75) is 33.7 Å². The number of halogens is 1. The third-order valence-electron chi connectivity index (χ3n) is 5.56. The number of rotatable bonds is 9. The van der Waals surface area contributed by atoms with Crippen molar-refractivity contribution in [2.75, 3.05) is 38.2 Å². The summed E-state index contributed by atoms with van der Waals surface area (Å²) < 4.78 is 11.3. The van der Waals surface area contributed by atoms with Crippen LogP contribution in [0.3, 0.4) is 0 Å². The van der Waals surface area contributed by atoms with E-state index in [0.29, 0.717) is 36.2 Å². The standard InChI is InChI=1S/C25H32ClN3O4/c1-5-29(14-23(30)27-20-13-19(26)8-6-17(20)4)15-24(31)28-25(16(2)3)18-7-9-21-22(12-18)33-11-10-32-21/h6-9,12-13,16,25H,5,10-11,14-15H2,1-4H3,(H,27,30)(H,28,31). The summed E-state index contributed by atoms with van der Waals surface area (Å²) in [5, 5.41) is 6.56. The fourth-order valence-corrected chi connectivity index (χ4v) is 3.88. The van der Waals surface area contributed by atoms with Crippen molar-refractivity contribution in [2.24, 2.45) is 5.92 Å². The summed E-state index contributed by atoms with van der Waals surface area (Å²) >= 11 is 6.04. The number of fused-ring (bicyclic) bond motifs is 1. The van der Waals surface area contributed by atoms with Crippen molar-refractivity contribution in [3.8, 4) is 11.5 Å². The molecule has 0 fully saturated rings. The molecule has 1 aliphatic heterocycles. The third kappa shape index (κ3) is 6.85. The maximum Gasteiger partial charge on any atom is 0.238 e. The Hall–Kier alpha value is -2.77. The molecule has 0 spiro atoms. The van der Waals surface area contributed by atoms with Crippen LogP contribution in [0.2, 0.25) is 5.02 Å². The Labute approximate surface area is 200 Å². The molecule has 0 aliphatic carbocycles. The molecule has 0 radical (unpaired) electrons. The maximum atomic E-state index is 12.9. The van der Waals surface area contributed by atoms with Crippen LogP contribution in [-0.4, -0.2) is 49.6 Å². The van der Waals surface area contributed by atoms with E-state index in [4.69, 9.17) is 21.1 Å². The number of likely N-dealkylation sites (N-methyl/N-ethyl adjacent to an activating group) is 1. The van der Waals surface area contributed by atoms with Crippen LogP contribution in [-0.2, 0) is 9.59 Å². The van der Waals surface area contributed by atoms with E-state index in [1.54, 1.807) is 17.0 Å². The van der Waals surface area contributed by atoms with E-state index < -0.39 is 0 Å². The first-order valence-electron chi connectivity index (χ1n) is 11.2. The highest BCUT2D eigenvalue weighted by Gasteiger charge is 2.23. The Morgan fingerprint density at radius 2 is 1.73 bits per heavy atom. The van der Waals surface area contributed by atoms with Gasteiger partial charge in [0.2, 0.25) is 11.8 Å². The first-order valence-corrected chi connectivity index (χ1v) is 11.6. The highest BCUT2D eigenvalue weighted by atomic mass is 35.5. The second-order valence-electron chi connectivity index (χ2n) is 8.50. The number of carbonyl (C=O) groups excluding carboxylic acids is 2. The van der Waals surface area contributed by atoms with E-state index >= 15 is 0 Å². The SMILES string of the molecule is CCN(CC(=O)Nc1cc(Cl)ccc1C)CC(=O)NC(c1ccc2c(c1)OCCO2)C(C)C. The number of carbonyl (C=O) groups is 2. The lowest BCUT2D eigenvalue weighted by Crippen LogP contribution is -2.43. The average Bonchev–Trinajstić information content (AvgIpc) is 2.79. The van der Waals surface area contributed by atoms with Crippen LogP contribution in [0.15, 0.2) is 36.4 Å². The molecule has 2 aromatic rings. The number of amides is 2. The van der Waals surface area contributed by atoms with E-state index in [1.165, 1.54) is 0 Å². The molecule has 0 saturated carbocycles. The van der Waals surface area contributed by atoms with Crippen LogP contribution in [0.5, 0.6) is 11.5 Å². The summed E-state index contributed by atoms with van der Waals surface area (Å²) in [6.07, 6.45) is 0. The van der Waals surface area contributed by atoms with Gasteiger partial charge >= 0.3 is 0 Å². The first-order chi connectivity index (χ1) is 15.8. The Kier molecular flexibility index (Phi) is 8.58. The van der Waals surface area contributed by atoms with Crippen molar-refractivity contribution in [3.63, 3.8) is 0 Å². The van der Waals surface area contributed by atoms with Crippen LogP contribution in [0.25, 0.3) is 0 Å². The highest BCUT2D eigenvalue weighted by Crippen LogP contribution is 2.34. The molecule has 2 aromatic carbocycles. The molecule has 1 unspecified atom stereocenters. The minimum absolute atomic E-state index is 0.103. The van der Waals surface area contributed by atoms with Crippen molar-refractivity contribution in [1.82, 2.24) is 10.2 Å². The molecule has 1 atom stereocenters. The Balaban J connectivity index is 1.60. The minimum Gasteiger partial charge on any atom is -0.486 e. The molecular formula is C25H32ClN3O4. The predicted octanol–water partition coefficient (Wildman–Crippen LogP) is 4.19. The molecule has 0 aromatic heterocycles. The van der Waals surface area contributed by atoms with E-state index in [9.17, 15) is 9.59 Å². The second kappa shape index (κ2) is 11.4. The van der Waals surface area contributed by atoms with E-state index in [1.807, 2.05) is 38.1 Å². The summed E-state index contributed by atoms with van der Waals surface area (Å²) in [4.78, 5) is 27.2. The molecule has 1 heterocycles. The van der Waals surface area contributed by atoms with Crippen molar-refractivity contribution < 1.29 is 19.1 Å². The maximum absolute atomic E-state index is 12.9. The van der Waals surface area contributed by atoms with Crippen LogP contribution in [0, 0.1) is 12.8 Å². The van der Waals surface area contributed by atoms with Gasteiger partial charge in [-0.05, 0) is 54.8 Å². The Bertz CT molecular complexity index is 996. The molecule has 0 saturated heterocycles. The summed E-state index contributed by atoms with van der Waals surface area (Å²) in [5.74, 6) is 1.25. The van der Waals surface area contributed by atoms with Gasteiger partial charge in [0.05, 0.1) is 19.1 Å². The van der Waals surface area contributed by atoms with E-state index in [2.05, 4.69) is 24.5 Å². The fraction of sp³-hybridized carbons (Fsp3) is 0.440. The minimum atomic E-state index is -0.192. The van der Waals surface area contributed by atoms with Gasteiger partial charge in [0.25, 0.3) is 0 Å². The third-order valence-corrected chi connectivity index (χ3v) is 5.80. The van der Waals surface area contributed by atoms with Gasteiger partial charge < -0.3 is 20.1 Å². The molecule has 2 amide bonds. The second-order valence-corrected chi connectivity index (χ2v) is 8.94. The summed E-state index contributed by atoms with van der Waals surface area (Å²) in [6, 6.07) is 10.9. The lowest BCUT2D eigenvalue weighted by molar-refractivity contribution is -0.124. The van der Waals surface area contributed by atoms with Crippen LogP contribution < -0.4 is 20.1 Å². The molecule has 2 N–H and O–H groups in total. The molecular weight excluding hydrogens is 442 g/mol. The quantitative estimate of drug-likeness (QED) is 0.570. The lowest BCUT2D eigenvalue weighted by atomic mass is 9.95. The number of aryl methyl sites for hydroxylation is 1. The molecule has 3 rings (SSSR count). The van der Waals surface area contributed by atoms with Gasteiger partial charge in [0, 0.05) is 10.7 Å². The number of hydrogen-bond acceptors (Lipinski definition) is 5. The zero-order valence-electron chi connectivity index (χ0n) is 19.6. The summed E-state index contributed by atoms with van der Waals surface area (Å²) in [7, 11) is 0. The van der Waals surface area contributed by atoms with Crippen LogP contribution in [0.1, 0.15) is 37.9 Å². The molecule has 0 bridgehead atoms. The zero-order valence-corrected chi connectivity index (χ0v) is 20.4. The van der Waals surface area contributed by atoms with E-state index in [0.717, 1.165) is 16.9 Å². The van der Waals surface area contributed by atoms with Gasteiger partial charge in [-0.2, -0.15) is 0 Å². The topological polar surface area (TPSA) is 79.9 Å². The number of benzene rings is 2. The number of hydrogen-bond donors (Lipinski definition) is 2. The highest BCUT2D eigenvalue weighted by molar-refractivity contribution is 6.31. The summed E-state index contributed by atoms with van der Waals surface area (Å²) in [5.41, 5.74) is 2.55. The van der Waals surface area contributed by atoms with Gasteiger partial charge in [-0.1, -0.05) is 44.5 Å². The van der Waals surface area contributed by atoms with Crippen LogP contribution >= 0.6 is 11.6 Å². The zero-order chi connectivity index (χ0) is 24.0. The van der Waals surface area contributed by atoms with Gasteiger partial charge in [0.1, 0.15) is 13.2 Å². The lowest BCUT2D eigenvalue weighted by Gasteiger charge is -2.27. The van der Waals surface area contributed by atoms with Gasteiger partial charge in [-0.15, -0.1) is 0 Å². The smallest absolute Gasteiger partial charge is 0.238 e. The number of anilines is 1. The molecule has 178 valence electrons. The van der Waals surface area contributed by atoms with Gasteiger partial charge in [0.15, 0.2) is 11.5 Å². The average molecular weight is 474 g/mol. The Morgan fingerprint density at radius 3 is 2.42 bits per heavy atom. The summed E-state index contributed by atoms with van der Waals surface area (Å²) in [6.45, 7) is 9.77. The van der Waals surface area contributed by atoms with Gasteiger partial charge in [-0.3, -0.25) is 14.5 Å². The van der Waals surface area contributed by atoms with Crippen molar-refractivity contribution in [1.29, 1.82) is 0 Å². The first kappa shape index (κ1) is 24.9.